The highest BCUT2D eigenvalue weighted by Crippen LogP contribution is 2.77. The van der Waals surface area contributed by atoms with Crippen LogP contribution in [0, 0.1) is 56.7 Å². The second-order valence-corrected chi connectivity index (χ2v) is 22.0. The van der Waals surface area contributed by atoms with Gasteiger partial charge in [-0.05, 0) is 117 Å². The molecule has 310 valence electrons. The third kappa shape index (κ3) is 8.12. The van der Waals surface area contributed by atoms with E-state index in [-0.39, 0.29) is 58.3 Å². The van der Waals surface area contributed by atoms with E-state index in [1.165, 1.54) is 37.7 Å². The highest BCUT2D eigenvalue weighted by molar-refractivity contribution is 5.69. The normalized spacial score (nSPS) is 38.7. The molecule has 0 spiro atoms. The van der Waals surface area contributed by atoms with E-state index in [2.05, 4.69) is 76.3 Å². The lowest BCUT2D eigenvalue weighted by molar-refractivity contribution is -0.890. The monoisotopic (exact) mass is 759 g/mol. The molecule has 7 unspecified atom stereocenters. The molecule has 5 saturated carbocycles. The van der Waals surface area contributed by atoms with E-state index in [9.17, 15) is 19.8 Å². The van der Waals surface area contributed by atoms with Crippen molar-refractivity contribution in [3.8, 4) is 0 Å². The zero-order valence-electron chi connectivity index (χ0n) is 36.4. The topological polar surface area (TPSA) is 93.1 Å². The van der Waals surface area contributed by atoms with Crippen LogP contribution in [0.25, 0.3) is 0 Å². The summed E-state index contributed by atoms with van der Waals surface area (Å²) in [5.41, 5.74) is 1.92. The van der Waals surface area contributed by atoms with E-state index in [1.54, 1.807) is 0 Å². The smallest absolute Gasteiger partial charge is 0.306 e. The number of carbonyl (C=O) groups is 2. The van der Waals surface area contributed by atoms with Gasteiger partial charge < -0.3 is 28.7 Å². The van der Waals surface area contributed by atoms with Crippen molar-refractivity contribution in [2.75, 3.05) is 74.2 Å². The van der Waals surface area contributed by atoms with Crippen LogP contribution < -0.4 is 0 Å². The van der Waals surface area contributed by atoms with Gasteiger partial charge in [0.05, 0.1) is 73.9 Å². The molecule has 2 N–H and O–H groups in total. The van der Waals surface area contributed by atoms with Crippen molar-refractivity contribution < 1.29 is 38.2 Å². The zero-order chi connectivity index (χ0) is 40.0. The Morgan fingerprint density at radius 1 is 0.704 bits per heavy atom. The van der Waals surface area contributed by atoms with Crippen LogP contribution in [-0.2, 0) is 19.1 Å². The third-order valence-electron chi connectivity index (χ3n) is 17.7. The molecule has 5 rings (SSSR count). The number of ether oxygens (including phenoxy) is 2. The molecule has 8 nitrogen and oxygen atoms in total. The minimum Gasteiger partial charge on any atom is -0.465 e. The fourth-order valence-electron chi connectivity index (χ4n) is 14.3. The summed E-state index contributed by atoms with van der Waals surface area (Å²) in [5.74, 6) is 2.61. The van der Waals surface area contributed by atoms with Crippen molar-refractivity contribution in [3.05, 3.63) is 12.2 Å². The minimum atomic E-state index is -0.0797. The first-order chi connectivity index (χ1) is 25.1. The van der Waals surface area contributed by atoms with Crippen molar-refractivity contribution >= 4 is 11.9 Å². The summed E-state index contributed by atoms with van der Waals surface area (Å²) in [6.07, 6.45) is 14.0. The quantitative estimate of drug-likeness (QED) is 0.0949. The molecule has 0 amide bonds. The van der Waals surface area contributed by atoms with E-state index in [0.717, 1.165) is 58.0 Å². The Kier molecular flexibility index (Phi) is 13.0. The summed E-state index contributed by atoms with van der Waals surface area (Å²) >= 11 is 0. The Bertz CT molecular complexity index is 1360. The van der Waals surface area contributed by atoms with Gasteiger partial charge in [0.25, 0.3) is 0 Å². The molecule has 0 aliphatic heterocycles. The van der Waals surface area contributed by atoms with Gasteiger partial charge in [-0.2, -0.15) is 0 Å². The lowest BCUT2D eigenvalue weighted by Crippen LogP contribution is -2.67. The van der Waals surface area contributed by atoms with Crippen LogP contribution in [0.1, 0.15) is 131 Å². The summed E-state index contributed by atoms with van der Waals surface area (Å²) in [6, 6.07) is 0. The van der Waals surface area contributed by atoms with Crippen LogP contribution in [-0.4, -0.2) is 111 Å². The van der Waals surface area contributed by atoms with Crippen molar-refractivity contribution in [2.45, 2.75) is 138 Å². The molecular weight excluding hydrogens is 677 g/mol. The fourth-order valence-corrected chi connectivity index (χ4v) is 14.3. The van der Waals surface area contributed by atoms with Gasteiger partial charge in [-0.25, -0.2) is 0 Å². The van der Waals surface area contributed by atoms with Gasteiger partial charge in [0, 0.05) is 23.7 Å². The molecule has 0 heterocycles. The first kappa shape index (κ1) is 43.6. The predicted molar refractivity (Wildman–Crippen MR) is 216 cm³/mol. The number of esters is 2. The highest BCUT2D eigenvalue weighted by atomic mass is 16.5. The molecule has 0 radical (unpaired) electrons. The number of fused-ring (bicyclic) bond motifs is 7. The minimum absolute atomic E-state index is 0.0392. The van der Waals surface area contributed by atoms with E-state index in [4.69, 9.17) is 9.47 Å². The Morgan fingerprint density at radius 3 is 1.91 bits per heavy atom. The van der Waals surface area contributed by atoms with Crippen LogP contribution in [0.2, 0.25) is 0 Å². The van der Waals surface area contributed by atoms with Gasteiger partial charge in [-0.3, -0.25) is 9.59 Å². The van der Waals surface area contributed by atoms with E-state index in [1.807, 2.05) is 0 Å². The Morgan fingerprint density at radius 2 is 1.31 bits per heavy atom. The number of carbonyl (C=O) groups excluding carboxylic acids is 2. The molecule has 0 aromatic rings. The molecule has 54 heavy (non-hydrogen) atoms. The number of aliphatic hydroxyl groups excluding tert-OH is 2. The van der Waals surface area contributed by atoms with Crippen LogP contribution >= 0.6 is 0 Å². The van der Waals surface area contributed by atoms with Crippen LogP contribution in [0.4, 0.5) is 0 Å². The summed E-state index contributed by atoms with van der Waals surface area (Å²) < 4.78 is 14.1. The first-order valence-corrected chi connectivity index (χ1v) is 22.0. The van der Waals surface area contributed by atoms with Crippen LogP contribution in [0.3, 0.4) is 0 Å². The maximum atomic E-state index is 13.2. The van der Waals surface area contributed by atoms with E-state index in [0.29, 0.717) is 71.1 Å². The maximum absolute atomic E-state index is 13.2. The lowest BCUT2D eigenvalue weighted by Gasteiger charge is -2.73. The predicted octanol–water partition coefficient (Wildman–Crippen LogP) is 7.80. The number of allylic oxidation sites excluding steroid dienone is 1. The molecule has 5 fully saturated rings. The van der Waals surface area contributed by atoms with Crippen molar-refractivity contribution in [3.63, 3.8) is 0 Å². The van der Waals surface area contributed by atoms with Gasteiger partial charge in [-0.15, -0.1) is 0 Å². The summed E-state index contributed by atoms with van der Waals surface area (Å²) in [6.45, 7) is 23.5. The standard InChI is InChI=1S/C46H82N2O6/c1-33(2)34-18-23-46(32-53-39(51)14-12-26-47(8,9)28-30-49)25-24-44(6)35(41(34)46)16-17-37-43(5)21-20-38(42(3,4)36(43)19-22-45(37,44)7)54-40(52)15-13-27-48(10,11)29-31-50/h34-38,41,49-50H,1,12-32H2,2-11H3/q+2/t34?,35?,36?,37?,38?,41?,43-,44+,45-,46?/m1/s1. The zero-order valence-corrected chi connectivity index (χ0v) is 36.4. The molecule has 5 aliphatic rings. The molecule has 0 saturated heterocycles. The second-order valence-electron chi connectivity index (χ2n) is 22.0. The maximum Gasteiger partial charge on any atom is 0.306 e. The van der Waals surface area contributed by atoms with Gasteiger partial charge >= 0.3 is 11.9 Å². The molecule has 5 aliphatic carbocycles. The molecule has 8 heteroatoms. The number of nitrogens with zero attached hydrogens (tertiary/aromatic N) is 2. The molecule has 0 aromatic carbocycles. The van der Waals surface area contributed by atoms with Crippen LogP contribution in [0.5, 0.6) is 0 Å². The van der Waals surface area contributed by atoms with Crippen LogP contribution in [0.15, 0.2) is 12.2 Å². The molecule has 10 atom stereocenters. The SMILES string of the molecule is C=C(C)C1CCC2(COC(=O)CCC[N+](C)(C)CCO)CC[C@@]3(C)C(CCC4[C@]5(C)CCC(OC(=O)CCC[N+](C)(C)CCO)C(C)(C)C5CC[C@]43C)C12. The highest BCUT2D eigenvalue weighted by Gasteiger charge is 2.71. The number of hydrogen-bond donors (Lipinski definition) is 2. The Labute approximate surface area is 330 Å². The van der Waals surface area contributed by atoms with Crippen molar-refractivity contribution in [1.82, 2.24) is 0 Å². The average Bonchev–Trinajstić information content (AvgIpc) is 3.45. The Balaban J connectivity index is 1.28. The molecule has 0 aromatic heterocycles. The van der Waals surface area contributed by atoms with E-state index >= 15 is 0 Å². The van der Waals surface area contributed by atoms with Gasteiger partial charge in [0.2, 0.25) is 0 Å². The van der Waals surface area contributed by atoms with Crippen molar-refractivity contribution in [1.29, 1.82) is 0 Å². The number of hydrogen-bond acceptors (Lipinski definition) is 6. The summed E-state index contributed by atoms with van der Waals surface area (Å²) in [5, 5.41) is 18.8. The fraction of sp³-hybridized carbons (Fsp3) is 0.913. The lowest BCUT2D eigenvalue weighted by atomic mass is 9.32. The number of aliphatic hydroxyl groups is 2. The third-order valence-corrected chi connectivity index (χ3v) is 17.7. The van der Waals surface area contributed by atoms with Crippen molar-refractivity contribution in [2.24, 2.45) is 56.7 Å². The number of rotatable bonds is 16. The number of likely N-dealkylation sites (N-methyl/N-ethyl adjacent to an activating group) is 2. The molecule has 0 bridgehead atoms. The summed E-state index contributed by atoms with van der Waals surface area (Å²) in [4.78, 5) is 26.4. The largest absolute Gasteiger partial charge is 0.465 e. The first-order valence-electron chi connectivity index (χ1n) is 22.0. The number of quaternary nitrogens is 2. The van der Waals surface area contributed by atoms with Gasteiger partial charge in [0.15, 0.2) is 0 Å². The Hall–Kier alpha value is -1.48. The average molecular weight is 759 g/mol. The van der Waals surface area contributed by atoms with E-state index < -0.39 is 0 Å². The van der Waals surface area contributed by atoms with Gasteiger partial charge in [-0.1, -0.05) is 46.8 Å². The van der Waals surface area contributed by atoms with Gasteiger partial charge in [0.1, 0.15) is 19.2 Å². The molecular formula is C46H82N2O6+2. The summed E-state index contributed by atoms with van der Waals surface area (Å²) in [7, 11) is 8.43. The second kappa shape index (κ2) is 16.0.